The largest absolute Gasteiger partial charge is 0.481 e. The van der Waals surface area contributed by atoms with Crippen molar-refractivity contribution in [3.8, 4) is 5.75 Å². The first kappa shape index (κ1) is 13.4. The van der Waals surface area contributed by atoms with E-state index in [1.165, 1.54) is 4.90 Å². The van der Waals surface area contributed by atoms with Crippen molar-refractivity contribution < 1.29 is 19.4 Å². The number of nitrogens with zero attached hydrogens (tertiary/aromatic N) is 1. The first-order valence-electron chi connectivity index (χ1n) is 6.26. The third-order valence-corrected chi connectivity index (χ3v) is 3.42. The summed E-state index contributed by atoms with van der Waals surface area (Å²) >= 11 is 0. The van der Waals surface area contributed by atoms with Crippen molar-refractivity contribution >= 4 is 12.1 Å². The molecule has 0 radical (unpaired) electrons. The molecule has 0 aliphatic carbocycles. The molecule has 1 aliphatic rings. The molecule has 1 amide bonds. The van der Waals surface area contributed by atoms with Crippen LogP contribution in [0.3, 0.4) is 0 Å². The van der Waals surface area contributed by atoms with Crippen LogP contribution in [0.25, 0.3) is 0 Å². The molecule has 1 aliphatic heterocycles. The van der Waals surface area contributed by atoms with Crippen molar-refractivity contribution in [3.05, 3.63) is 30.3 Å². The van der Waals surface area contributed by atoms with E-state index in [1.807, 2.05) is 6.07 Å². The Morgan fingerprint density at radius 2 is 2.00 bits per heavy atom. The van der Waals surface area contributed by atoms with Crippen molar-refractivity contribution in [2.24, 2.45) is 5.41 Å². The SMILES string of the molecule is CC1(C(=O)O)CCCN(C(=O)Oc2ccccc2)C1. The number of carbonyl (C=O) groups is 2. The van der Waals surface area contributed by atoms with Crippen LogP contribution in [0, 0.1) is 5.41 Å². The van der Waals surface area contributed by atoms with E-state index in [-0.39, 0.29) is 6.54 Å². The molecule has 0 bridgehead atoms. The van der Waals surface area contributed by atoms with Crippen LogP contribution in [0.2, 0.25) is 0 Å². The van der Waals surface area contributed by atoms with E-state index in [9.17, 15) is 14.7 Å². The highest BCUT2D eigenvalue weighted by Crippen LogP contribution is 2.30. The maximum Gasteiger partial charge on any atom is 0.415 e. The Morgan fingerprint density at radius 1 is 1.32 bits per heavy atom. The number of hydrogen-bond acceptors (Lipinski definition) is 3. The molecular formula is C14H17NO4. The monoisotopic (exact) mass is 263 g/mol. The predicted molar refractivity (Wildman–Crippen MR) is 69.0 cm³/mol. The first-order valence-corrected chi connectivity index (χ1v) is 6.26. The lowest BCUT2D eigenvalue weighted by Gasteiger charge is -2.36. The van der Waals surface area contributed by atoms with Crippen LogP contribution < -0.4 is 4.74 Å². The number of carbonyl (C=O) groups excluding carboxylic acids is 1. The number of amides is 1. The fourth-order valence-corrected chi connectivity index (χ4v) is 2.22. The Hall–Kier alpha value is -2.04. The number of para-hydroxylation sites is 1. The maximum absolute atomic E-state index is 12.0. The van der Waals surface area contributed by atoms with Gasteiger partial charge in [0, 0.05) is 13.1 Å². The fourth-order valence-electron chi connectivity index (χ4n) is 2.22. The van der Waals surface area contributed by atoms with Crippen molar-refractivity contribution in [3.63, 3.8) is 0 Å². The second-order valence-corrected chi connectivity index (χ2v) is 5.07. The Labute approximate surface area is 111 Å². The molecular weight excluding hydrogens is 246 g/mol. The van der Waals surface area contributed by atoms with Crippen LogP contribution in [-0.2, 0) is 4.79 Å². The summed E-state index contributed by atoms with van der Waals surface area (Å²) in [5, 5.41) is 9.21. The molecule has 1 aromatic rings. The first-order chi connectivity index (χ1) is 9.01. The third-order valence-electron chi connectivity index (χ3n) is 3.42. The van der Waals surface area contributed by atoms with Crippen LogP contribution in [0.15, 0.2) is 30.3 Å². The van der Waals surface area contributed by atoms with Gasteiger partial charge < -0.3 is 14.7 Å². The zero-order chi connectivity index (χ0) is 13.9. The van der Waals surface area contributed by atoms with Gasteiger partial charge in [-0.05, 0) is 31.9 Å². The van der Waals surface area contributed by atoms with Crippen molar-refractivity contribution in [2.75, 3.05) is 13.1 Å². The molecule has 1 fully saturated rings. The zero-order valence-electron chi connectivity index (χ0n) is 10.8. The smallest absolute Gasteiger partial charge is 0.415 e. The van der Waals surface area contributed by atoms with Crippen LogP contribution in [0.5, 0.6) is 5.75 Å². The standard InChI is InChI=1S/C14H17NO4/c1-14(12(16)17)8-5-9-15(10-14)13(18)19-11-6-3-2-4-7-11/h2-4,6-7H,5,8-10H2,1H3,(H,16,17). The minimum atomic E-state index is -0.881. The van der Waals surface area contributed by atoms with Crippen LogP contribution in [0.4, 0.5) is 4.79 Å². The van der Waals surface area contributed by atoms with Crippen LogP contribution >= 0.6 is 0 Å². The van der Waals surface area contributed by atoms with E-state index in [4.69, 9.17) is 4.74 Å². The summed E-state index contributed by atoms with van der Waals surface area (Å²) in [6.45, 7) is 2.39. The zero-order valence-corrected chi connectivity index (χ0v) is 10.8. The van der Waals surface area contributed by atoms with Gasteiger partial charge in [0.1, 0.15) is 5.75 Å². The van der Waals surface area contributed by atoms with Crippen molar-refractivity contribution in [1.82, 2.24) is 4.90 Å². The number of carboxylic acid groups (broad SMARTS) is 1. The summed E-state index contributed by atoms with van der Waals surface area (Å²) < 4.78 is 5.22. The molecule has 5 nitrogen and oxygen atoms in total. The molecule has 5 heteroatoms. The summed E-state index contributed by atoms with van der Waals surface area (Å²) in [5.41, 5.74) is -0.881. The summed E-state index contributed by atoms with van der Waals surface area (Å²) in [5.74, 6) is -0.403. The van der Waals surface area contributed by atoms with Gasteiger partial charge in [-0.15, -0.1) is 0 Å². The Bertz CT molecular complexity index is 474. The Balaban J connectivity index is 2.02. The molecule has 1 N–H and O–H groups in total. The number of likely N-dealkylation sites (tertiary alicyclic amines) is 1. The molecule has 1 atom stereocenters. The van der Waals surface area contributed by atoms with Gasteiger partial charge in [0.15, 0.2) is 0 Å². The van der Waals surface area contributed by atoms with Crippen LogP contribution in [-0.4, -0.2) is 35.2 Å². The average molecular weight is 263 g/mol. The summed E-state index contributed by atoms with van der Waals surface area (Å²) in [6.07, 6.45) is 0.766. The quantitative estimate of drug-likeness (QED) is 0.889. The number of aliphatic carboxylic acids is 1. The van der Waals surface area contributed by atoms with E-state index in [1.54, 1.807) is 31.2 Å². The molecule has 1 unspecified atom stereocenters. The van der Waals surface area contributed by atoms with Gasteiger partial charge in [0.25, 0.3) is 0 Å². The van der Waals surface area contributed by atoms with Crippen molar-refractivity contribution in [1.29, 1.82) is 0 Å². The maximum atomic E-state index is 12.0. The minimum absolute atomic E-state index is 0.188. The van der Waals surface area contributed by atoms with Gasteiger partial charge in [-0.1, -0.05) is 18.2 Å². The highest BCUT2D eigenvalue weighted by atomic mass is 16.6. The molecule has 19 heavy (non-hydrogen) atoms. The Kier molecular flexibility index (Phi) is 3.74. The Morgan fingerprint density at radius 3 is 2.63 bits per heavy atom. The molecule has 1 saturated heterocycles. The molecule has 0 saturated carbocycles. The van der Waals surface area contributed by atoms with Crippen molar-refractivity contribution in [2.45, 2.75) is 19.8 Å². The van der Waals surface area contributed by atoms with Gasteiger partial charge in [-0.2, -0.15) is 0 Å². The van der Waals surface area contributed by atoms with Crippen LogP contribution in [0.1, 0.15) is 19.8 Å². The second-order valence-electron chi connectivity index (χ2n) is 5.07. The molecule has 102 valence electrons. The lowest BCUT2D eigenvalue weighted by molar-refractivity contribution is -0.150. The number of benzene rings is 1. The van der Waals surface area contributed by atoms with E-state index in [0.717, 1.165) is 0 Å². The highest BCUT2D eigenvalue weighted by Gasteiger charge is 2.39. The number of rotatable bonds is 2. The topological polar surface area (TPSA) is 66.8 Å². The summed E-state index contributed by atoms with van der Waals surface area (Å²) in [6, 6.07) is 8.77. The van der Waals surface area contributed by atoms with E-state index in [2.05, 4.69) is 0 Å². The van der Waals surface area contributed by atoms with Gasteiger partial charge in [0.05, 0.1) is 5.41 Å². The number of hydrogen-bond donors (Lipinski definition) is 1. The molecule has 2 rings (SSSR count). The normalized spacial score (nSPS) is 22.9. The highest BCUT2D eigenvalue weighted by molar-refractivity contribution is 5.77. The molecule has 0 aromatic heterocycles. The lowest BCUT2D eigenvalue weighted by Crippen LogP contribution is -2.49. The van der Waals surface area contributed by atoms with Gasteiger partial charge in [-0.25, -0.2) is 4.79 Å². The number of carboxylic acids is 1. The predicted octanol–water partition coefficient (Wildman–Crippen LogP) is 2.37. The van der Waals surface area contributed by atoms with Gasteiger partial charge >= 0.3 is 12.1 Å². The van der Waals surface area contributed by atoms with Gasteiger partial charge in [0.2, 0.25) is 0 Å². The molecule has 0 spiro atoms. The van der Waals surface area contributed by atoms with E-state index >= 15 is 0 Å². The van der Waals surface area contributed by atoms with E-state index in [0.29, 0.717) is 25.1 Å². The van der Waals surface area contributed by atoms with E-state index < -0.39 is 17.5 Å². The van der Waals surface area contributed by atoms with Gasteiger partial charge in [-0.3, -0.25) is 4.79 Å². The molecule has 1 aromatic carbocycles. The minimum Gasteiger partial charge on any atom is -0.481 e. The number of piperidine rings is 1. The number of ether oxygens (including phenoxy) is 1. The third kappa shape index (κ3) is 3.05. The fraction of sp³-hybridized carbons (Fsp3) is 0.429. The second kappa shape index (κ2) is 5.30. The molecule has 1 heterocycles. The lowest BCUT2D eigenvalue weighted by atomic mass is 9.82. The summed E-state index contributed by atoms with van der Waals surface area (Å²) in [7, 11) is 0. The average Bonchev–Trinajstić information content (AvgIpc) is 2.40. The summed E-state index contributed by atoms with van der Waals surface area (Å²) in [4.78, 5) is 24.7.